The number of allylic oxidation sites excluding steroid dienone is 2. The summed E-state index contributed by atoms with van der Waals surface area (Å²) < 4.78 is 0. The Hall–Kier alpha value is -1.70. The van der Waals surface area contributed by atoms with Crippen LogP contribution in [0.5, 0.6) is 0 Å². The van der Waals surface area contributed by atoms with Gasteiger partial charge in [-0.2, -0.15) is 0 Å². The fraction of sp³-hybridized carbons (Fsp3) is 0.524. The molecule has 0 radical (unpaired) electrons. The first kappa shape index (κ1) is 16.2. The van der Waals surface area contributed by atoms with Crippen molar-refractivity contribution >= 4 is 11.6 Å². The largest absolute Gasteiger partial charge is 0.295 e. The average molecular weight is 310 g/mol. The molecule has 0 aliphatic heterocycles. The number of hydrogen-bond acceptors (Lipinski definition) is 2. The van der Waals surface area contributed by atoms with Crippen LogP contribution < -0.4 is 0 Å². The molecule has 0 saturated carbocycles. The molecular weight excluding hydrogens is 284 g/mol. The van der Waals surface area contributed by atoms with Crippen molar-refractivity contribution in [2.75, 3.05) is 0 Å². The van der Waals surface area contributed by atoms with Crippen LogP contribution in [-0.4, -0.2) is 11.6 Å². The van der Waals surface area contributed by atoms with Crippen LogP contribution in [0.25, 0.3) is 0 Å². The molecule has 0 fully saturated rings. The lowest BCUT2D eigenvalue weighted by molar-refractivity contribution is 0.0899. The van der Waals surface area contributed by atoms with Crippen LogP contribution in [0, 0.1) is 11.3 Å². The lowest BCUT2D eigenvalue weighted by Crippen LogP contribution is -2.29. The van der Waals surface area contributed by atoms with E-state index in [4.69, 9.17) is 0 Å². The Morgan fingerprint density at radius 2 is 1.70 bits per heavy atom. The van der Waals surface area contributed by atoms with Crippen molar-refractivity contribution < 1.29 is 9.59 Å². The molecule has 0 heterocycles. The van der Waals surface area contributed by atoms with E-state index in [1.54, 1.807) is 30.2 Å². The van der Waals surface area contributed by atoms with E-state index >= 15 is 0 Å². The molecule has 1 atom stereocenters. The van der Waals surface area contributed by atoms with Gasteiger partial charge < -0.3 is 0 Å². The number of hydrogen-bond donors (Lipinski definition) is 0. The molecule has 1 aromatic carbocycles. The van der Waals surface area contributed by atoms with Gasteiger partial charge >= 0.3 is 0 Å². The van der Waals surface area contributed by atoms with Gasteiger partial charge in [-0.15, -0.1) is 0 Å². The highest BCUT2D eigenvalue weighted by atomic mass is 16.1. The summed E-state index contributed by atoms with van der Waals surface area (Å²) in [6.45, 7) is 6.21. The van der Waals surface area contributed by atoms with Crippen LogP contribution in [0.3, 0.4) is 0 Å². The van der Waals surface area contributed by atoms with Crippen molar-refractivity contribution in [1.82, 2.24) is 0 Å². The minimum atomic E-state index is 0.0421. The third kappa shape index (κ3) is 3.17. The molecule has 0 bridgehead atoms. The number of carbonyl (C=O) groups excluding carboxylic acids is 2. The molecule has 3 rings (SSSR count). The summed E-state index contributed by atoms with van der Waals surface area (Å²) in [4.78, 5) is 24.2. The molecule has 1 unspecified atom stereocenters. The summed E-state index contributed by atoms with van der Waals surface area (Å²) in [5.41, 5.74) is 4.84. The summed E-state index contributed by atoms with van der Waals surface area (Å²) >= 11 is 0. The predicted molar refractivity (Wildman–Crippen MR) is 92.8 cm³/mol. The van der Waals surface area contributed by atoms with Gasteiger partial charge in [0.1, 0.15) is 0 Å². The molecule has 2 heteroatoms. The van der Waals surface area contributed by atoms with Crippen molar-refractivity contribution in [3.8, 4) is 0 Å². The van der Waals surface area contributed by atoms with E-state index in [1.165, 1.54) is 19.3 Å². The van der Waals surface area contributed by atoms with E-state index in [1.807, 2.05) is 12.1 Å². The Kier molecular flexibility index (Phi) is 4.27. The fourth-order valence-corrected chi connectivity index (χ4v) is 4.25. The number of benzene rings is 1. The number of carbonyl (C=O) groups is 2. The second-order valence-corrected chi connectivity index (χ2v) is 7.76. The molecule has 1 aromatic rings. The number of rotatable bonds is 3. The Morgan fingerprint density at radius 3 is 2.35 bits per heavy atom. The first-order valence-electron chi connectivity index (χ1n) is 8.75. The molecule has 0 saturated heterocycles. The average Bonchev–Trinajstić information content (AvgIpc) is 2.54. The highest BCUT2D eigenvalue weighted by Crippen LogP contribution is 2.48. The second kappa shape index (κ2) is 6.07. The Balaban J connectivity index is 1.79. The summed E-state index contributed by atoms with van der Waals surface area (Å²) in [6.07, 6.45) is 6.74. The molecule has 122 valence electrons. The standard InChI is InChI=1S/C21H26O2/c1-14(22)15-6-9-17(10-7-15)20(23)18-11-8-16-5-4-12-21(2,3)19(16)13-18/h6-7,9-10,18H,4-5,8,11-13H2,1-3H3. The van der Waals surface area contributed by atoms with Crippen LogP contribution in [0.1, 0.15) is 80.0 Å². The van der Waals surface area contributed by atoms with Crippen LogP contribution in [-0.2, 0) is 0 Å². The maximum Gasteiger partial charge on any atom is 0.166 e. The highest BCUT2D eigenvalue weighted by molar-refractivity contribution is 6.00. The van der Waals surface area contributed by atoms with Crippen molar-refractivity contribution in [3.63, 3.8) is 0 Å². The SMILES string of the molecule is CC(=O)c1ccc(C(=O)C2CCC3=C(C2)C(C)(C)CCC3)cc1. The minimum absolute atomic E-state index is 0.0421. The van der Waals surface area contributed by atoms with Crippen LogP contribution in [0.2, 0.25) is 0 Å². The first-order chi connectivity index (χ1) is 10.9. The summed E-state index contributed by atoms with van der Waals surface area (Å²) in [5.74, 6) is 0.391. The molecule has 2 nitrogen and oxygen atoms in total. The maximum atomic E-state index is 12.9. The van der Waals surface area contributed by atoms with Gasteiger partial charge in [0.2, 0.25) is 0 Å². The zero-order chi connectivity index (χ0) is 16.6. The molecular formula is C21H26O2. The van der Waals surface area contributed by atoms with Crippen LogP contribution in [0.4, 0.5) is 0 Å². The van der Waals surface area contributed by atoms with Gasteiger partial charge in [-0.3, -0.25) is 9.59 Å². The quantitative estimate of drug-likeness (QED) is 0.555. The molecule has 0 aromatic heterocycles. The van der Waals surface area contributed by atoms with Gasteiger partial charge in [0.15, 0.2) is 11.6 Å². The normalized spacial score (nSPS) is 23.3. The van der Waals surface area contributed by atoms with Crippen molar-refractivity contribution in [2.24, 2.45) is 11.3 Å². The fourth-order valence-electron chi connectivity index (χ4n) is 4.25. The zero-order valence-electron chi connectivity index (χ0n) is 14.4. The maximum absolute atomic E-state index is 12.9. The lowest BCUT2D eigenvalue weighted by atomic mass is 9.65. The van der Waals surface area contributed by atoms with Crippen molar-refractivity contribution in [2.45, 2.75) is 59.3 Å². The van der Waals surface area contributed by atoms with E-state index < -0.39 is 0 Å². The molecule has 0 N–H and O–H groups in total. The van der Waals surface area contributed by atoms with Crippen LogP contribution in [0.15, 0.2) is 35.4 Å². The van der Waals surface area contributed by atoms with E-state index in [2.05, 4.69) is 13.8 Å². The third-order valence-corrected chi connectivity index (χ3v) is 5.72. The number of Topliss-reactive ketones (excluding diaryl/α,β-unsaturated/α-hetero) is 2. The molecule has 2 aliphatic carbocycles. The molecule has 0 spiro atoms. The van der Waals surface area contributed by atoms with Crippen molar-refractivity contribution in [1.29, 1.82) is 0 Å². The van der Waals surface area contributed by atoms with Gasteiger partial charge in [-0.25, -0.2) is 0 Å². The van der Waals surface area contributed by atoms with E-state index in [-0.39, 0.29) is 22.9 Å². The van der Waals surface area contributed by atoms with E-state index in [0.29, 0.717) is 5.56 Å². The summed E-state index contributed by atoms with van der Waals surface area (Å²) in [5, 5.41) is 0. The molecule has 2 aliphatic rings. The van der Waals surface area contributed by atoms with E-state index in [9.17, 15) is 9.59 Å². The summed E-state index contributed by atoms with van der Waals surface area (Å²) in [7, 11) is 0. The third-order valence-electron chi connectivity index (χ3n) is 5.72. The number of ketones is 2. The van der Waals surface area contributed by atoms with E-state index in [0.717, 1.165) is 24.8 Å². The van der Waals surface area contributed by atoms with Crippen molar-refractivity contribution in [3.05, 3.63) is 46.5 Å². The first-order valence-corrected chi connectivity index (χ1v) is 8.75. The van der Waals surface area contributed by atoms with Gasteiger partial charge in [0.05, 0.1) is 0 Å². The minimum Gasteiger partial charge on any atom is -0.295 e. The Labute approximate surface area is 139 Å². The van der Waals surface area contributed by atoms with Gasteiger partial charge in [0, 0.05) is 17.0 Å². The zero-order valence-corrected chi connectivity index (χ0v) is 14.4. The summed E-state index contributed by atoms with van der Waals surface area (Å²) in [6, 6.07) is 7.17. The predicted octanol–water partition coefficient (Wildman–Crippen LogP) is 5.38. The topological polar surface area (TPSA) is 34.1 Å². The lowest BCUT2D eigenvalue weighted by Gasteiger charge is -2.40. The smallest absolute Gasteiger partial charge is 0.166 e. The Morgan fingerprint density at radius 1 is 1.04 bits per heavy atom. The van der Waals surface area contributed by atoms with Crippen LogP contribution >= 0.6 is 0 Å². The molecule has 0 amide bonds. The van der Waals surface area contributed by atoms with Gasteiger partial charge in [0.25, 0.3) is 0 Å². The highest BCUT2D eigenvalue weighted by Gasteiger charge is 2.36. The van der Waals surface area contributed by atoms with Gasteiger partial charge in [-0.1, -0.05) is 49.3 Å². The van der Waals surface area contributed by atoms with Gasteiger partial charge in [-0.05, 0) is 50.9 Å². The molecule has 23 heavy (non-hydrogen) atoms. The monoisotopic (exact) mass is 310 g/mol. The Bertz CT molecular complexity index is 662. The second-order valence-electron chi connectivity index (χ2n) is 7.76.